The van der Waals surface area contributed by atoms with Crippen molar-refractivity contribution in [1.29, 1.82) is 0 Å². The van der Waals surface area contributed by atoms with Crippen molar-refractivity contribution in [3.63, 3.8) is 0 Å². The van der Waals surface area contributed by atoms with E-state index in [1.165, 1.54) is 5.56 Å². The molecule has 0 radical (unpaired) electrons. The van der Waals surface area contributed by atoms with Crippen LogP contribution in [-0.2, 0) is 11.3 Å². The molecule has 2 fully saturated rings. The summed E-state index contributed by atoms with van der Waals surface area (Å²) in [4.78, 5) is 4.58. The monoisotopic (exact) mass is 379 g/mol. The number of likely N-dealkylation sites (tertiary alicyclic amines) is 2. The Kier molecular flexibility index (Phi) is 7.32. The minimum atomic E-state index is -0.532. The maximum atomic E-state index is 10.3. The Bertz CT molecular complexity index is 587. The summed E-state index contributed by atoms with van der Waals surface area (Å²) < 4.78 is 16.6. The molecule has 0 amide bonds. The fourth-order valence-electron chi connectivity index (χ4n) is 3.66. The van der Waals surface area contributed by atoms with Crippen LogP contribution in [0.3, 0.4) is 0 Å². The zero-order valence-corrected chi connectivity index (χ0v) is 16.5. The van der Waals surface area contributed by atoms with Crippen molar-refractivity contribution in [2.75, 3.05) is 53.6 Å². The molecule has 0 saturated carbocycles. The van der Waals surface area contributed by atoms with Crippen LogP contribution in [0.5, 0.6) is 11.5 Å². The van der Waals surface area contributed by atoms with E-state index in [1.54, 1.807) is 14.2 Å². The van der Waals surface area contributed by atoms with Gasteiger partial charge in [-0.3, -0.25) is 4.90 Å². The van der Waals surface area contributed by atoms with Gasteiger partial charge in [0.2, 0.25) is 0 Å². The molecule has 1 unspecified atom stereocenters. The van der Waals surface area contributed by atoms with Crippen LogP contribution >= 0.6 is 0 Å². The van der Waals surface area contributed by atoms with Crippen LogP contribution in [0.4, 0.5) is 0 Å². The number of methoxy groups -OCH3 is 2. The molecular weight excluding hydrogens is 346 g/mol. The molecule has 0 bridgehead atoms. The summed E-state index contributed by atoms with van der Waals surface area (Å²) in [6, 6.07) is 6.28. The van der Waals surface area contributed by atoms with Gasteiger partial charge in [0.15, 0.2) is 11.5 Å². The summed E-state index contributed by atoms with van der Waals surface area (Å²) in [7, 11) is 3.40. The zero-order chi connectivity index (χ0) is 19.2. The van der Waals surface area contributed by atoms with Crippen LogP contribution in [0.25, 0.3) is 0 Å². The fraction of sp³-hybridized carbons (Fsp3) is 0.700. The van der Waals surface area contributed by atoms with Crippen LogP contribution in [0, 0.1) is 0 Å². The Morgan fingerprint density at radius 2 is 1.89 bits per heavy atom. The number of hydrogen-bond acceptors (Lipinski definition) is 7. The highest BCUT2D eigenvalue weighted by Crippen LogP contribution is 2.29. The molecule has 152 valence electrons. The molecule has 1 aromatic carbocycles. The molecule has 0 spiro atoms. The number of aliphatic hydroxyl groups excluding tert-OH is 1. The van der Waals surface area contributed by atoms with Crippen molar-refractivity contribution in [2.24, 2.45) is 5.73 Å². The Balaban J connectivity index is 1.46. The molecule has 1 aromatic rings. The maximum absolute atomic E-state index is 10.3. The van der Waals surface area contributed by atoms with Gasteiger partial charge in [0.1, 0.15) is 12.7 Å². The predicted octanol–water partition coefficient (Wildman–Crippen LogP) is 0.689. The van der Waals surface area contributed by atoms with Gasteiger partial charge >= 0.3 is 0 Å². The van der Waals surface area contributed by atoms with E-state index in [0.29, 0.717) is 30.2 Å². The summed E-state index contributed by atoms with van der Waals surface area (Å²) in [5.41, 5.74) is 7.11. The van der Waals surface area contributed by atoms with E-state index in [-0.39, 0.29) is 6.61 Å². The molecule has 0 aliphatic carbocycles. The molecule has 2 aliphatic heterocycles. The quantitative estimate of drug-likeness (QED) is 0.653. The first kappa shape index (κ1) is 20.4. The third kappa shape index (κ3) is 5.80. The van der Waals surface area contributed by atoms with Crippen molar-refractivity contribution in [2.45, 2.75) is 37.6 Å². The average Bonchev–Trinajstić information content (AvgIpc) is 2.64. The number of β-amino-alcohol motifs (C(OH)–C–C–N with tert-alkyl or cyclic N) is 1. The molecular formula is C20H33N3O4. The van der Waals surface area contributed by atoms with E-state index in [2.05, 4.69) is 15.9 Å². The minimum Gasteiger partial charge on any atom is -0.493 e. The number of nitrogens with two attached hydrogens (primary N) is 1. The lowest BCUT2D eigenvalue weighted by molar-refractivity contribution is -0.0334. The topological polar surface area (TPSA) is 80.4 Å². The molecule has 3 rings (SSSR count). The van der Waals surface area contributed by atoms with Gasteiger partial charge in [-0.1, -0.05) is 6.07 Å². The number of aliphatic hydroxyl groups is 1. The van der Waals surface area contributed by atoms with E-state index in [4.69, 9.17) is 19.9 Å². The van der Waals surface area contributed by atoms with E-state index in [0.717, 1.165) is 45.6 Å². The Hall–Kier alpha value is -1.38. The van der Waals surface area contributed by atoms with Crippen molar-refractivity contribution >= 4 is 0 Å². The Morgan fingerprint density at radius 1 is 1.15 bits per heavy atom. The number of benzene rings is 1. The smallest absolute Gasteiger partial charge is 0.161 e. The standard InChI is InChI=1S/C20H33N3O4/c1-25-18-12-23(13-18)10-15-3-4-19(20(9-15)26-2)27-14-17(24)11-22-7-5-16(21)6-8-22/h3-4,9,16-18,24H,5-8,10-14,21H2,1-2H3. The zero-order valence-electron chi connectivity index (χ0n) is 16.5. The predicted molar refractivity (Wildman–Crippen MR) is 104 cm³/mol. The van der Waals surface area contributed by atoms with Crippen LogP contribution < -0.4 is 15.2 Å². The average molecular weight is 380 g/mol. The third-order valence-corrected chi connectivity index (χ3v) is 5.42. The second kappa shape index (κ2) is 9.71. The fourth-order valence-corrected chi connectivity index (χ4v) is 3.66. The maximum Gasteiger partial charge on any atom is 0.161 e. The van der Waals surface area contributed by atoms with Crippen molar-refractivity contribution in [3.8, 4) is 11.5 Å². The highest BCUT2D eigenvalue weighted by Gasteiger charge is 2.26. The highest BCUT2D eigenvalue weighted by molar-refractivity contribution is 5.43. The van der Waals surface area contributed by atoms with E-state index in [1.807, 2.05) is 12.1 Å². The van der Waals surface area contributed by atoms with Crippen LogP contribution in [0.1, 0.15) is 18.4 Å². The van der Waals surface area contributed by atoms with Crippen molar-refractivity contribution < 1.29 is 19.3 Å². The molecule has 3 N–H and O–H groups in total. The molecule has 0 aromatic heterocycles. The summed E-state index contributed by atoms with van der Waals surface area (Å²) in [5, 5.41) is 10.3. The molecule has 1 atom stereocenters. The molecule has 2 aliphatic rings. The van der Waals surface area contributed by atoms with Gasteiger partial charge in [0.25, 0.3) is 0 Å². The van der Waals surface area contributed by atoms with Gasteiger partial charge in [-0.2, -0.15) is 0 Å². The minimum absolute atomic E-state index is 0.250. The Morgan fingerprint density at radius 3 is 2.56 bits per heavy atom. The number of hydrogen-bond donors (Lipinski definition) is 2. The third-order valence-electron chi connectivity index (χ3n) is 5.42. The van der Waals surface area contributed by atoms with Gasteiger partial charge in [-0.15, -0.1) is 0 Å². The van der Waals surface area contributed by atoms with Gasteiger partial charge in [0.05, 0.1) is 13.2 Å². The van der Waals surface area contributed by atoms with Crippen LogP contribution in [0.2, 0.25) is 0 Å². The molecule has 27 heavy (non-hydrogen) atoms. The summed E-state index contributed by atoms with van der Waals surface area (Å²) in [6.07, 6.45) is 1.80. The van der Waals surface area contributed by atoms with Gasteiger partial charge in [-0.05, 0) is 43.6 Å². The number of piperidine rings is 1. The lowest BCUT2D eigenvalue weighted by Crippen LogP contribution is -2.50. The SMILES string of the molecule is COc1cc(CN2CC(OC)C2)ccc1OCC(O)CN1CCC(N)CC1. The second-order valence-electron chi connectivity index (χ2n) is 7.64. The van der Waals surface area contributed by atoms with E-state index >= 15 is 0 Å². The van der Waals surface area contributed by atoms with Crippen LogP contribution in [-0.4, -0.2) is 86.7 Å². The summed E-state index contributed by atoms with van der Waals surface area (Å²) >= 11 is 0. The Labute approximate surface area is 162 Å². The molecule has 2 saturated heterocycles. The molecule has 2 heterocycles. The summed E-state index contributed by atoms with van der Waals surface area (Å²) in [6.45, 7) is 5.54. The summed E-state index contributed by atoms with van der Waals surface area (Å²) in [5.74, 6) is 1.37. The molecule has 7 nitrogen and oxygen atoms in total. The highest BCUT2D eigenvalue weighted by atomic mass is 16.5. The first-order valence-electron chi connectivity index (χ1n) is 9.78. The number of rotatable bonds is 9. The van der Waals surface area contributed by atoms with Crippen LogP contribution in [0.15, 0.2) is 18.2 Å². The first-order chi connectivity index (χ1) is 13.1. The first-order valence-corrected chi connectivity index (χ1v) is 9.78. The number of ether oxygens (including phenoxy) is 3. The van der Waals surface area contributed by atoms with Gasteiger partial charge < -0.3 is 30.0 Å². The second-order valence-corrected chi connectivity index (χ2v) is 7.64. The largest absolute Gasteiger partial charge is 0.493 e. The van der Waals surface area contributed by atoms with Crippen molar-refractivity contribution in [1.82, 2.24) is 9.80 Å². The van der Waals surface area contributed by atoms with E-state index < -0.39 is 6.10 Å². The normalized spacial score (nSPS) is 21.0. The lowest BCUT2D eigenvalue weighted by Gasteiger charge is -2.38. The van der Waals surface area contributed by atoms with Crippen molar-refractivity contribution in [3.05, 3.63) is 23.8 Å². The molecule has 7 heteroatoms. The lowest BCUT2D eigenvalue weighted by atomic mass is 10.1. The van der Waals surface area contributed by atoms with E-state index in [9.17, 15) is 5.11 Å². The number of nitrogens with zero attached hydrogens (tertiary/aromatic N) is 2. The van der Waals surface area contributed by atoms with Gasteiger partial charge in [-0.25, -0.2) is 0 Å². The van der Waals surface area contributed by atoms with Gasteiger partial charge in [0, 0.05) is 39.3 Å².